The molecule has 0 spiro atoms. The summed E-state index contributed by atoms with van der Waals surface area (Å²) < 4.78 is 5.51. The maximum absolute atomic E-state index is 12.7. The summed E-state index contributed by atoms with van der Waals surface area (Å²) in [6.07, 6.45) is 3.73. The number of hydrogen-bond acceptors (Lipinski definition) is 4. The summed E-state index contributed by atoms with van der Waals surface area (Å²) in [7, 11) is 0. The van der Waals surface area contributed by atoms with Crippen LogP contribution in [-0.2, 0) is 16.1 Å². The van der Waals surface area contributed by atoms with Gasteiger partial charge in [0.2, 0.25) is 5.78 Å². The van der Waals surface area contributed by atoms with Crippen molar-refractivity contribution < 1.29 is 14.3 Å². The highest BCUT2D eigenvalue weighted by atomic mass is 35.5. The maximum Gasteiger partial charge on any atom is 0.313 e. The number of halogens is 1. The molecule has 0 aliphatic heterocycles. The van der Waals surface area contributed by atoms with Crippen molar-refractivity contribution in [2.45, 2.75) is 20.5 Å². The van der Waals surface area contributed by atoms with Gasteiger partial charge in [-0.15, -0.1) is 0 Å². The van der Waals surface area contributed by atoms with Gasteiger partial charge in [0.1, 0.15) is 12.3 Å². The molecule has 1 aromatic heterocycles. The second-order valence-electron chi connectivity index (χ2n) is 7.50. The average Bonchev–Trinajstić information content (AvgIpc) is 2.79. The minimum Gasteiger partial charge on any atom is -0.459 e. The number of esters is 1. The van der Waals surface area contributed by atoms with Gasteiger partial charge in [-0.1, -0.05) is 86.1 Å². The average molecular weight is 434 g/mol. The molecule has 0 radical (unpaired) electrons. The van der Waals surface area contributed by atoms with Gasteiger partial charge in [-0.05, 0) is 35.7 Å². The first kappa shape index (κ1) is 22.4. The Balaban J connectivity index is 1.65. The third-order valence-corrected chi connectivity index (χ3v) is 5.05. The Morgan fingerprint density at radius 1 is 0.968 bits per heavy atom. The molecule has 3 rings (SSSR count). The number of aromatic nitrogens is 1. The molecule has 1 unspecified atom stereocenters. The fourth-order valence-electron chi connectivity index (χ4n) is 3.03. The van der Waals surface area contributed by atoms with Gasteiger partial charge in [0.15, 0.2) is 0 Å². The van der Waals surface area contributed by atoms with Gasteiger partial charge in [-0.25, -0.2) is 4.98 Å². The lowest BCUT2D eigenvalue weighted by Crippen LogP contribution is -2.21. The molecule has 1 atom stereocenters. The van der Waals surface area contributed by atoms with Crippen LogP contribution in [0.2, 0.25) is 5.02 Å². The van der Waals surface area contributed by atoms with Crippen LogP contribution in [0.5, 0.6) is 0 Å². The van der Waals surface area contributed by atoms with Gasteiger partial charge in [0.25, 0.3) is 0 Å². The van der Waals surface area contributed by atoms with Crippen LogP contribution in [0.15, 0.2) is 78.9 Å². The van der Waals surface area contributed by atoms with Crippen molar-refractivity contribution in [3.05, 3.63) is 106 Å². The predicted molar refractivity (Wildman–Crippen MR) is 123 cm³/mol. The van der Waals surface area contributed by atoms with Crippen molar-refractivity contribution in [1.82, 2.24) is 4.98 Å². The first-order valence-corrected chi connectivity index (χ1v) is 10.5. The summed E-state index contributed by atoms with van der Waals surface area (Å²) in [5, 5.41) is 0.664. The number of ether oxygens (including phenoxy) is 1. The van der Waals surface area contributed by atoms with E-state index < -0.39 is 5.92 Å². The van der Waals surface area contributed by atoms with E-state index in [1.807, 2.05) is 56.3 Å². The van der Waals surface area contributed by atoms with Crippen molar-refractivity contribution in [2.24, 2.45) is 11.8 Å². The van der Waals surface area contributed by atoms with E-state index in [0.717, 1.165) is 5.56 Å². The summed E-state index contributed by atoms with van der Waals surface area (Å²) >= 11 is 5.91. The zero-order valence-electron chi connectivity index (χ0n) is 17.5. The topological polar surface area (TPSA) is 56.3 Å². The zero-order chi connectivity index (χ0) is 22.2. The van der Waals surface area contributed by atoms with E-state index >= 15 is 0 Å². The van der Waals surface area contributed by atoms with Crippen LogP contribution in [0.25, 0.3) is 6.08 Å². The van der Waals surface area contributed by atoms with Crippen molar-refractivity contribution in [1.29, 1.82) is 0 Å². The van der Waals surface area contributed by atoms with Gasteiger partial charge in [-0.2, -0.15) is 0 Å². The molecule has 31 heavy (non-hydrogen) atoms. The molecule has 2 aromatic carbocycles. The Morgan fingerprint density at radius 3 is 2.35 bits per heavy atom. The molecular formula is C26H24ClNO3. The molecule has 1 heterocycles. The largest absolute Gasteiger partial charge is 0.459 e. The lowest BCUT2D eigenvalue weighted by Gasteiger charge is -2.16. The third kappa shape index (κ3) is 6.37. The van der Waals surface area contributed by atoms with Crippen LogP contribution in [-0.4, -0.2) is 16.7 Å². The Bertz CT molecular complexity index is 1060. The second-order valence-corrected chi connectivity index (χ2v) is 7.93. The minimum absolute atomic E-state index is 0.00669. The normalized spacial score (nSPS) is 12.1. The van der Waals surface area contributed by atoms with Crippen LogP contribution >= 0.6 is 11.6 Å². The molecule has 4 nitrogen and oxygen atoms in total. The second kappa shape index (κ2) is 10.7. The van der Waals surface area contributed by atoms with Crippen LogP contribution in [0.3, 0.4) is 0 Å². The van der Waals surface area contributed by atoms with Crippen molar-refractivity contribution in [3.63, 3.8) is 0 Å². The standard InChI is InChI=1S/C26H24ClNO3/c1-18(2)23(16-13-19-11-14-21(27)15-12-19)26(30)31-17-22-9-6-10-24(28-22)25(29)20-7-4-3-5-8-20/h3-16,18,23H,17H2,1-2H3/b16-13+. The Labute approximate surface area is 187 Å². The maximum atomic E-state index is 12.7. The molecule has 3 aromatic rings. The fourth-order valence-corrected chi connectivity index (χ4v) is 3.15. The van der Waals surface area contributed by atoms with Crippen molar-refractivity contribution in [2.75, 3.05) is 0 Å². The van der Waals surface area contributed by atoms with Crippen LogP contribution in [0.1, 0.15) is 41.2 Å². The van der Waals surface area contributed by atoms with E-state index in [2.05, 4.69) is 4.98 Å². The van der Waals surface area contributed by atoms with Crippen LogP contribution in [0, 0.1) is 11.8 Å². The fraction of sp³-hybridized carbons (Fsp3) is 0.192. The summed E-state index contributed by atoms with van der Waals surface area (Å²) in [4.78, 5) is 29.6. The smallest absolute Gasteiger partial charge is 0.313 e. The Morgan fingerprint density at radius 2 is 1.68 bits per heavy atom. The number of ketones is 1. The Kier molecular flexibility index (Phi) is 7.74. The number of rotatable bonds is 8. The van der Waals surface area contributed by atoms with Crippen molar-refractivity contribution >= 4 is 29.4 Å². The summed E-state index contributed by atoms with van der Waals surface area (Å²) in [5.74, 6) is -0.832. The Hall–Kier alpha value is -3.24. The predicted octanol–water partition coefficient (Wildman–Crippen LogP) is 5.99. The van der Waals surface area contributed by atoms with Crippen LogP contribution in [0.4, 0.5) is 0 Å². The minimum atomic E-state index is -0.398. The molecule has 0 saturated carbocycles. The van der Waals surface area contributed by atoms with E-state index in [4.69, 9.17) is 16.3 Å². The molecule has 0 bridgehead atoms. The molecule has 0 aliphatic carbocycles. The quantitative estimate of drug-likeness (QED) is 0.323. The van der Waals surface area contributed by atoms with E-state index in [1.54, 1.807) is 42.5 Å². The lowest BCUT2D eigenvalue weighted by atomic mass is 9.95. The van der Waals surface area contributed by atoms with Gasteiger partial charge in [0.05, 0.1) is 11.6 Å². The van der Waals surface area contributed by atoms with Crippen molar-refractivity contribution in [3.8, 4) is 0 Å². The highest BCUT2D eigenvalue weighted by molar-refractivity contribution is 6.30. The number of benzene rings is 2. The van der Waals surface area contributed by atoms with E-state index in [9.17, 15) is 9.59 Å². The van der Waals surface area contributed by atoms with E-state index in [0.29, 0.717) is 22.0 Å². The number of hydrogen-bond donors (Lipinski definition) is 0. The first-order chi connectivity index (χ1) is 14.9. The molecule has 0 amide bonds. The first-order valence-electron chi connectivity index (χ1n) is 10.1. The highest BCUT2D eigenvalue weighted by Crippen LogP contribution is 2.19. The number of carbonyl (C=O) groups excluding carboxylic acids is 2. The third-order valence-electron chi connectivity index (χ3n) is 4.79. The summed E-state index contributed by atoms with van der Waals surface area (Å²) in [6.45, 7) is 3.94. The zero-order valence-corrected chi connectivity index (χ0v) is 18.3. The van der Waals surface area contributed by atoms with Crippen LogP contribution < -0.4 is 0 Å². The van der Waals surface area contributed by atoms with Gasteiger partial charge >= 0.3 is 5.97 Å². The molecule has 0 saturated heterocycles. The molecular weight excluding hydrogens is 410 g/mol. The molecule has 158 valence electrons. The number of carbonyl (C=O) groups is 2. The van der Waals surface area contributed by atoms with E-state index in [-0.39, 0.29) is 24.3 Å². The lowest BCUT2D eigenvalue weighted by molar-refractivity contribution is -0.149. The number of pyridine rings is 1. The molecule has 0 fully saturated rings. The monoisotopic (exact) mass is 433 g/mol. The molecule has 0 aliphatic rings. The molecule has 5 heteroatoms. The summed E-state index contributed by atoms with van der Waals surface area (Å²) in [5.41, 5.74) is 2.37. The highest BCUT2D eigenvalue weighted by Gasteiger charge is 2.21. The van der Waals surface area contributed by atoms with Gasteiger partial charge in [0, 0.05) is 10.6 Å². The number of nitrogens with zero attached hydrogens (tertiary/aromatic N) is 1. The SMILES string of the molecule is CC(C)C(/C=C/c1ccc(Cl)cc1)C(=O)OCc1cccc(C(=O)c2ccccc2)n1. The van der Waals surface area contributed by atoms with E-state index in [1.165, 1.54) is 0 Å². The molecule has 0 N–H and O–H groups in total. The van der Waals surface area contributed by atoms with Gasteiger partial charge in [-0.3, -0.25) is 9.59 Å². The summed E-state index contributed by atoms with van der Waals surface area (Å²) in [6, 6.07) is 21.5. The van der Waals surface area contributed by atoms with Gasteiger partial charge < -0.3 is 4.74 Å².